The van der Waals surface area contributed by atoms with Crippen LogP contribution < -0.4 is 4.74 Å². The molecule has 0 aliphatic carbocycles. The summed E-state index contributed by atoms with van der Waals surface area (Å²) in [5, 5.41) is 19.0. The number of carboxylic acid groups (broad SMARTS) is 1. The van der Waals surface area contributed by atoms with Crippen molar-refractivity contribution >= 4 is 55.8 Å². The molecule has 1 N–H and O–H groups in total. The topological polar surface area (TPSA) is 125 Å². The van der Waals surface area contributed by atoms with Crippen molar-refractivity contribution in [1.82, 2.24) is 19.2 Å². The number of hydrogen-bond acceptors (Lipinski definition) is 7. The third kappa shape index (κ3) is 9.26. The number of aromatic carboxylic acids is 1. The number of amides is 2. The minimum atomic E-state index is -1.03. The summed E-state index contributed by atoms with van der Waals surface area (Å²) in [5.41, 5.74) is 3.74. The lowest BCUT2D eigenvalue weighted by Gasteiger charge is -2.28. The number of benzene rings is 3. The van der Waals surface area contributed by atoms with Crippen LogP contribution in [0, 0.1) is 6.92 Å². The second-order valence-corrected chi connectivity index (χ2v) is 16.0. The Balaban J connectivity index is 1.48. The predicted molar refractivity (Wildman–Crippen MR) is 215 cm³/mol. The summed E-state index contributed by atoms with van der Waals surface area (Å²) < 4.78 is 21.0. The summed E-state index contributed by atoms with van der Waals surface area (Å²) in [6, 6.07) is 20.0. The van der Waals surface area contributed by atoms with Crippen molar-refractivity contribution in [2.24, 2.45) is 7.05 Å². The zero-order chi connectivity index (χ0) is 39.4. The highest BCUT2D eigenvalue weighted by molar-refractivity contribution is 9.08. The molecule has 0 aliphatic rings. The Hall–Kier alpha value is -4.84. The normalized spacial score (nSPS) is 11.9. The van der Waals surface area contributed by atoms with Crippen molar-refractivity contribution in [3.05, 3.63) is 83.3 Å². The standard InChI is InChI=1S/C42H51BrN4O7/c1-27-35(33(26-43)44-45(27)8)32-20-14-19-30-31(21-15-25-52-34-22-13-17-28-16-9-10-18-29(28)34)37(38(48)49)46(36(30)32)23-11-12-24-47(39(50)53-41(2,3)4)40(51)54-42(5,6)7/h9-10,13-14,16-20,22H,11-12,15,21,23-26H2,1-8H3,(H,48,49). The second-order valence-electron chi connectivity index (χ2n) is 15.4. The number of carbonyl (C=O) groups is 3. The van der Waals surface area contributed by atoms with E-state index in [4.69, 9.17) is 19.3 Å². The number of fused-ring (bicyclic) bond motifs is 2. The quantitative estimate of drug-likeness (QED) is 0.0922. The van der Waals surface area contributed by atoms with E-state index in [0.29, 0.717) is 44.2 Å². The maximum atomic E-state index is 13.2. The summed E-state index contributed by atoms with van der Waals surface area (Å²) >= 11 is 3.61. The maximum absolute atomic E-state index is 13.2. The second kappa shape index (κ2) is 16.7. The summed E-state index contributed by atoms with van der Waals surface area (Å²) in [4.78, 5) is 40.5. The van der Waals surface area contributed by atoms with E-state index in [9.17, 15) is 19.5 Å². The molecule has 2 amide bonds. The molecule has 0 unspecified atom stereocenters. The van der Waals surface area contributed by atoms with Crippen LogP contribution in [0.15, 0.2) is 60.7 Å². The Morgan fingerprint density at radius 2 is 1.48 bits per heavy atom. The monoisotopic (exact) mass is 802 g/mol. The van der Waals surface area contributed by atoms with Gasteiger partial charge in [0.25, 0.3) is 0 Å². The summed E-state index contributed by atoms with van der Waals surface area (Å²) in [6.45, 7) is 13.2. The molecule has 0 atom stereocenters. The van der Waals surface area contributed by atoms with Crippen LogP contribution in [0.2, 0.25) is 0 Å². The van der Waals surface area contributed by atoms with E-state index >= 15 is 0 Å². The predicted octanol–water partition coefficient (Wildman–Crippen LogP) is 10.1. The first kappa shape index (κ1) is 40.3. The minimum Gasteiger partial charge on any atom is -0.493 e. The largest absolute Gasteiger partial charge is 0.493 e. The summed E-state index contributed by atoms with van der Waals surface area (Å²) in [5.74, 6) is -0.243. The molecule has 3 aromatic carbocycles. The number of halogens is 1. The number of carbonyl (C=O) groups excluding carboxylic acids is 2. The van der Waals surface area contributed by atoms with Gasteiger partial charge >= 0.3 is 18.2 Å². The molecule has 0 bridgehead atoms. The number of nitrogens with zero attached hydrogens (tertiary/aromatic N) is 4. The number of imide groups is 1. The number of carboxylic acids is 1. The van der Waals surface area contributed by atoms with Crippen molar-refractivity contribution in [1.29, 1.82) is 0 Å². The first-order chi connectivity index (χ1) is 25.5. The third-order valence-corrected chi connectivity index (χ3v) is 9.54. The van der Waals surface area contributed by atoms with Crippen molar-refractivity contribution in [2.45, 2.75) is 97.2 Å². The van der Waals surface area contributed by atoms with Gasteiger partial charge in [0.05, 0.1) is 17.8 Å². The lowest BCUT2D eigenvalue weighted by atomic mass is 9.98. The van der Waals surface area contributed by atoms with Gasteiger partial charge in [0.1, 0.15) is 22.6 Å². The van der Waals surface area contributed by atoms with Crippen LogP contribution >= 0.6 is 15.9 Å². The van der Waals surface area contributed by atoms with Gasteiger partial charge in [0, 0.05) is 53.1 Å². The minimum absolute atomic E-state index is 0.0338. The summed E-state index contributed by atoms with van der Waals surface area (Å²) in [6.07, 6.45) is 0.319. The number of para-hydroxylation sites is 1. The third-order valence-electron chi connectivity index (χ3n) is 9.01. The Kier molecular flexibility index (Phi) is 12.5. The van der Waals surface area contributed by atoms with E-state index in [1.54, 1.807) is 41.5 Å². The molecule has 11 nitrogen and oxygen atoms in total. The van der Waals surface area contributed by atoms with Gasteiger partial charge in [-0.25, -0.2) is 19.3 Å². The van der Waals surface area contributed by atoms with Crippen LogP contribution in [0.3, 0.4) is 0 Å². The van der Waals surface area contributed by atoms with Gasteiger partial charge in [-0.1, -0.05) is 70.5 Å². The average Bonchev–Trinajstić information content (AvgIpc) is 3.57. The Morgan fingerprint density at radius 3 is 2.13 bits per heavy atom. The van der Waals surface area contributed by atoms with Crippen LogP contribution in [0.4, 0.5) is 9.59 Å². The average molecular weight is 804 g/mol. The SMILES string of the molecule is Cc1c(-c2cccc3c(CCCOc4cccc5ccccc45)c(C(=O)O)n(CCCCN(C(=O)OC(C)(C)C)C(=O)OC(C)(C)C)c23)c(CBr)nn1C. The van der Waals surface area contributed by atoms with E-state index in [-0.39, 0.29) is 12.2 Å². The molecule has 0 saturated heterocycles. The van der Waals surface area contributed by atoms with E-state index in [1.807, 2.05) is 83.9 Å². The van der Waals surface area contributed by atoms with Gasteiger partial charge in [0.15, 0.2) is 0 Å². The number of hydrogen-bond donors (Lipinski definition) is 1. The number of aryl methyl sites for hydroxylation is 3. The fourth-order valence-corrected chi connectivity index (χ4v) is 7.10. The van der Waals surface area contributed by atoms with Gasteiger partial charge in [-0.2, -0.15) is 5.10 Å². The molecule has 12 heteroatoms. The number of unbranched alkanes of at least 4 members (excludes halogenated alkanes) is 1. The highest BCUT2D eigenvalue weighted by Crippen LogP contribution is 2.39. The molecule has 0 radical (unpaired) electrons. The van der Waals surface area contributed by atoms with Crippen molar-refractivity contribution in [3.63, 3.8) is 0 Å². The van der Waals surface area contributed by atoms with E-state index in [0.717, 1.165) is 60.4 Å². The van der Waals surface area contributed by atoms with E-state index in [2.05, 4.69) is 15.9 Å². The molecule has 0 aliphatic heterocycles. The Labute approximate surface area is 325 Å². The number of alkyl halides is 1. The highest BCUT2D eigenvalue weighted by atomic mass is 79.9. The Morgan fingerprint density at radius 1 is 0.852 bits per heavy atom. The number of rotatable bonds is 13. The molecule has 5 rings (SSSR count). The van der Waals surface area contributed by atoms with Gasteiger partial charge in [-0.3, -0.25) is 4.68 Å². The highest BCUT2D eigenvalue weighted by Gasteiger charge is 2.31. The van der Waals surface area contributed by atoms with Crippen molar-refractivity contribution in [3.8, 4) is 16.9 Å². The first-order valence-electron chi connectivity index (χ1n) is 18.3. The Bertz CT molecular complexity index is 2120. The molecule has 5 aromatic rings. The van der Waals surface area contributed by atoms with Crippen LogP contribution in [0.5, 0.6) is 5.75 Å². The van der Waals surface area contributed by atoms with Gasteiger partial charge in [0.2, 0.25) is 0 Å². The molecule has 54 heavy (non-hydrogen) atoms. The fraction of sp³-hybridized carbons (Fsp3) is 0.429. The molecule has 288 valence electrons. The molecule has 2 heterocycles. The van der Waals surface area contributed by atoms with Gasteiger partial charge in [-0.05, 0) is 91.2 Å². The first-order valence-corrected chi connectivity index (χ1v) is 19.4. The fourth-order valence-electron chi connectivity index (χ4n) is 6.71. The molecule has 2 aromatic heterocycles. The number of aromatic nitrogens is 3. The smallest absolute Gasteiger partial charge is 0.419 e. The molecule has 0 fully saturated rings. The van der Waals surface area contributed by atoms with Crippen LogP contribution in [0.25, 0.3) is 32.8 Å². The van der Waals surface area contributed by atoms with Crippen LogP contribution in [-0.2, 0) is 34.8 Å². The zero-order valence-electron chi connectivity index (χ0n) is 32.5. The van der Waals surface area contributed by atoms with Gasteiger partial charge in [-0.15, -0.1) is 0 Å². The van der Waals surface area contributed by atoms with Crippen molar-refractivity contribution in [2.75, 3.05) is 13.2 Å². The molecular weight excluding hydrogens is 752 g/mol. The van der Waals surface area contributed by atoms with Crippen LogP contribution in [-0.4, -0.2) is 66.9 Å². The zero-order valence-corrected chi connectivity index (χ0v) is 34.1. The molecule has 0 saturated carbocycles. The van der Waals surface area contributed by atoms with Gasteiger partial charge < -0.3 is 23.9 Å². The van der Waals surface area contributed by atoms with Crippen LogP contribution in [0.1, 0.15) is 88.2 Å². The van der Waals surface area contributed by atoms with Crippen molar-refractivity contribution < 1.29 is 33.7 Å². The van der Waals surface area contributed by atoms with E-state index < -0.39 is 29.4 Å². The molecular formula is C42H51BrN4O7. The lowest BCUT2D eigenvalue weighted by molar-refractivity contribution is 0.00114. The number of ether oxygens (including phenoxy) is 3. The molecule has 0 spiro atoms. The maximum Gasteiger partial charge on any atom is 0.419 e. The van der Waals surface area contributed by atoms with E-state index in [1.165, 1.54) is 0 Å². The summed E-state index contributed by atoms with van der Waals surface area (Å²) in [7, 11) is 1.90. The lowest BCUT2D eigenvalue weighted by Crippen LogP contribution is -2.44.